The number of hydrogen-bond donors (Lipinski definition) is 1. The van der Waals surface area contributed by atoms with Gasteiger partial charge in [-0.2, -0.15) is 0 Å². The van der Waals surface area contributed by atoms with E-state index in [9.17, 15) is 28.8 Å². The maximum absolute atomic E-state index is 13.7. The topological polar surface area (TPSA) is 131 Å². The van der Waals surface area contributed by atoms with Crippen molar-refractivity contribution in [2.45, 2.75) is 25.8 Å². The Kier molecular flexibility index (Phi) is 6.09. The van der Waals surface area contributed by atoms with Gasteiger partial charge in [0.25, 0.3) is 11.8 Å². The number of likely N-dealkylation sites (N-methyl/N-ethyl adjacent to an activating group) is 1. The van der Waals surface area contributed by atoms with Gasteiger partial charge >= 0.3 is 12.1 Å². The van der Waals surface area contributed by atoms with Crippen molar-refractivity contribution in [1.29, 1.82) is 0 Å². The molecule has 4 aliphatic rings. The molecule has 1 aromatic carbocycles. The van der Waals surface area contributed by atoms with Gasteiger partial charge in [0.15, 0.2) is 5.41 Å². The molecule has 0 aromatic heterocycles. The summed E-state index contributed by atoms with van der Waals surface area (Å²) in [7, 11) is 4.71. The number of rotatable bonds is 3. The van der Waals surface area contributed by atoms with Gasteiger partial charge in [-0.1, -0.05) is 13.0 Å². The third-order valence-electron chi connectivity index (χ3n) is 7.92. The summed E-state index contributed by atoms with van der Waals surface area (Å²) in [5, 5.41) is 2.20. The van der Waals surface area contributed by atoms with Crippen LogP contribution < -0.4 is 10.2 Å². The Morgan fingerprint density at radius 2 is 1.68 bits per heavy atom. The Morgan fingerprint density at radius 1 is 1.00 bits per heavy atom. The first-order valence-electron chi connectivity index (χ1n) is 12.6. The summed E-state index contributed by atoms with van der Waals surface area (Å²) in [4.78, 5) is 84.7. The zero-order valence-electron chi connectivity index (χ0n) is 21.8. The van der Waals surface area contributed by atoms with E-state index in [0.29, 0.717) is 30.6 Å². The monoisotopic (exact) mass is 522 g/mol. The van der Waals surface area contributed by atoms with Crippen LogP contribution in [-0.4, -0.2) is 109 Å². The number of hydrogen-bond acceptors (Lipinski definition) is 8. The number of imide groups is 4. The predicted molar refractivity (Wildman–Crippen MR) is 136 cm³/mol. The fourth-order valence-corrected chi connectivity index (χ4v) is 5.98. The van der Waals surface area contributed by atoms with E-state index in [1.807, 2.05) is 20.0 Å². The van der Waals surface area contributed by atoms with Crippen molar-refractivity contribution in [3.63, 3.8) is 0 Å². The summed E-state index contributed by atoms with van der Waals surface area (Å²) in [6.45, 7) is 3.76. The zero-order chi connectivity index (χ0) is 27.5. The van der Waals surface area contributed by atoms with Gasteiger partial charge in [0.2, 0.25) is 11.8 Å². The highest BCUT2D eigenvalue weighted by Crippen LogP contribution is 2.47. The number of anilines is 1. The molecular formula is C26H30N6O6. The van der Waals surface area contributed by atoms with Gasteiger partial charge in [0, 0.05) is 46.0 Å². The Hall–Kier alpha value is -4.06. The van der Waals surface area contributed by atoms with Crippen LogP contribution in [0.2, 0.25) is 0 Å². The number of benzene rings is 1. The van der Waals surface area contributed by atoms with Crippen molar-refractivity contribution in [2.24, 2.45) is 5.41 Å². The molecule has 12 nitrogen and oxygen atoms in total. The van der Waals surface area contributed by atoms with Gasteiger partial charge < -0.3 is 9.80 Å². The van der Waals surface area contributed by atoms with Crippen LogP contribution in [0.5, 0.6) is 0 Å². The number of urea groups is 2. The molecule has 3 fully saturated rings. The normalized spacial score (nSPS) is 24.8. The van der Waals surface area contributed by atoms with Crippen LogP contribution >= 0.6 is 0 Å². The first-order valence-corrected chi connectivity index (χ1v) is 12.6. The largest absolute Gasteiger partial charge is 0.364 e. The van der Waals surface area contributed by atoms with Crippen LogP contribution in [0.1, 0.15) is 24.5 Å². The zero-order valence-corrected chi connectivity index (χ0v) is 21.8. The predicted octanol–water partition coefficient (Wildman–Crippen LogP) is 0.272. The lowest BCUT2D eigenvalue weighted by atomic mass is 9.67. The number of barbiturate groups is 2. The Morgan fingerprint density at radius 3 is 2.34 bits per heavy atom. The molecule has 1 N–H and O–H groups in total. The molecule has 3 saturated heterocycles. The number of carbonyl (C=O) groups is 6. The first kappa shape index (κ1) is 25.6. The molecule has 1 spiro atoms. The van der Waals surface area contributed by atoms with Crippen LogP contribution in [0.25, 0.3) is 6.08 Å². The fourth-order valence-electron chi connectivity index (χ4n) is 5.98. The van der Waals surface area contributed by atoms with Gasteiger partial charge in [-0.25, -0.2) is 9.59 Å². The Bertz CT molecular complexity index is 1300. The fraction of sp³-hybridized carbons (Fsp3) is 0.462. The second-order valence-electron chi connectivity index (χ2n) is 10.3. The molecule has 200 valence electrons. The molecule has 5 rings (SSSR count). The van der Waals surface area contributed by atoms with Crippen molar-refractivity contribution >= 4 is 47.5 Å². The van der Waals surface area contributed by atoms with Crippen molar-refractivity contribution < 1.29 is 28.8 Å². The van der Waals surface area contributed by atoms with Crippen LogP contribution in [0.4, 0.5) is 15.3 Å². The molecule has 0 aliphatic carbocycles. The van der Waals surface area contributed by atoms with Crippen LogP contribution in [0.15, 0.2) is 23.8 Å². The molecular weight excluding hydrogens is 492 g/mol. The quantitative estimate of drug-likeness (QED) is 0.340. The second kappa shape index (κ2) is 9.05. The molecule has 12 heteroatoms. The lowest BCUT2D eigenvalue weighted by Gasteiger charge is -2.55. The minimum Gasteiger partial charge on any atom is -0.364 e. The van der Waals surface area contributed by atoms with Gasteiger partial charge in [-0.3, -0.25) is 39.2 Å². The molecule has 4 aliphatic heterocycles. The van der Waals surface area contributed by atoms with E-state index >= 15 is 0 Å². The molecule has 4 heterocycles. The molecule has 0 radical (unpaired) electrons. The summed E-state index contributed by atoms with van der Waals surface area (Å²) in [6.07, 6.45) is 2.03. The molecule has 38 heavy (non-hydrogen) atoms. The maximum Gasteiger partial charge on any atom is 0.332 e. The highest BCUT2D eigenvalue weighted by molar-refractivity contribution is 6.31. The minimum absolute atomic E-state index is 0.0641. The Labute approximate surface area is 219 Å². The molecule has 0 bridgehead atoms. The van der Waals surface area contributed by atoms with E-state index in [1.54, 1.807) is 12.1 Å². The number of amides is 8. The number of fused-ring (bicyclic) bond motifs is 4. The smallest absolute Gasteiger partial charge is 0.332 e. The highest BCUT2D eigenvalue weighted by Gasteiger charge is 2.63. The van der Waals surface area contributed by atoms with E-state index in [2.05, 4.69) is 15.1 Å². The average Bonchev–Trinajstić information content (AvgIpc) is 2.89. The standard InChI is InChI=1S/C26H30N6O6/c1-5-8-32-21(34)17(20(33)27-24(32)37)12-15-6-7-18-16(11-15)13-26(19-14-28(2)9-10-31(18)19)22(35)29(3)25(38)30(4)23(26)36/h6-7,11-12,19H,5,8-10,13-14H2,1-4H3,(H,27,33,37)/b17-12+/t19-/m0/s1. The minimum atomic E-state index is -1.51. The van der Waals surface area contributed by atoms with Gasteiger partial charge in [0.05, 0.1) is 6.04 Å². The first-order chi connectivity index (χ1) is 18.0. The lowest BCUT2D eigenvalue weighted by molar-refractivity contribution is -0.160. The number of nitrogens with one attached hydrogen (secondary N) is 1. The van der Waals surface area contributed by atoms with Crippen molar-refractivity contribution in [1.82, 2.24) is 24.9 Å². The van der Waals surface area contributed by atoms with Crippen LogP contribution in [0.3, 0.4) is 0 Å². The number of piperazine rings is 1. The molecule has 8 amide bonds. The highest BCUT2D eigenvalue weighted by atomic mass is 16.2. The van der Waals surface area contributed by atoms with Gasteiger partial charge in [-0.15, -0.1) is 0 Å². The maximum atomic E-state index is 13.7. The summed E-state index contributed by atoms with van der Waals surface area (Å²) in [5.74, 6) is -2.53. The van der Waals surface area contributed by atoms with Crippen molar-refractivity contribution in [2.75, 3.05) is 52.2 Å². The van der Waals surface area contributed by atoms with E-state index < -0.39 is 47.1 Å². The molecule has 1 aromatic rings. The van der Waals surface area contributed by atoms with Crippen molar-refractivity contribution in [3.8, 4) is 0 Å². The summed E-state index contributed by atoms with van der Waals surface area (Å²) in [6, 6.07) is 3.51. The number of carbonyl (C=O) groups excluding carboxylic acids is 6. The van der Waals surface area contributed by atoms with E-state index in [4.69, 9.17) is 0 Å². The second-order valence-corrected chi connectivity index (χ2v) is 10.3. The molecule has 0 unspecified atom stereocenters. The Balaban J connectivity index is 1.60. The van der Waals surface area contributed by atoms with E-state index in [0.717, 1.165) is 26.9 Å². The molecule has 1 atom stereocenters. The van der Waals surface area contributed by atoms with Crippen LogP contribution in [0, 0.1) is 5.41 Å². The average molecular weight is 523 g/mol. The van der Waals surface area contributed by atoms with Gasteiger partial charge in [0.1, 0.15) is 5.57 Å². The van der Waals surface area contributed by atoms with E-state index in [-0.39, 0.29) is 18.5 Å². The summed E-state index contributed by atoms with van der Waals surface area (Å²) >= 11 is 0. The summed E-state index contributed by atoms with van der Waals surface area (Å²) < 4.78 is 0. The van der Waals surface area contributed by atoms with E-state index in [1.165, 1.54) is 20.2 Å². The summed E-state index contributed by atoms with van der Waals surface area (Å²) in [5.41, 5.74) is 0.400. The third kappa shape index (κ3) is 3.62. The van der Waals surface area contributed by atoms with Crippen molar-refractivity contribution in [3.05, 3.63) is 34.9 Å². The lowest BCUT2D eigenvalue weighted by Crippen LogP contribution is -2.74. The third-order valence-corrected chi connectivity index (χ3v) is 7.92. The molecule has 0 saturated carbocycles. The van der Waals surface area contributed by atoms with Gasteiger partial charge in [-0.05, 0) is 49.2 Å². The number of nitrogens with zero attached hydrogens (tertiary/aromatic N) is 5. The van der Waals surface area contributed by atoms with Crippen LogP contribution in [-0.2, 0) is 25.6 Å². The SMILES string of the molecule is CCCN1C(=O)NC(=O)/C(=C\c2ccc3c(c2)CC2(C(=O)N(C)C(=O)N(C)C2=O)[C@@H]2CN(C)CCN32)C1=O.